The molecule has 0 aliphatic carbocycles. The molecule has 0 amide bonds. The first-order chi connectivity index (χ1) is 9.02. The average molecular weight is 267 g/mol. The van der Waals surface area contributed by atoms with Crippen LogP contribution in [0.2, 0.25) is 0 Å². The maximum absolute atomic E-state index is 11.2. The van der Waals surface area contributed by atoms with Crippen LogP contribution < -0.4 is 10.6 Å². The van der Waals surface area contributed by atoms with Crippen LogP contribution in [0.4, 0.5) is 17.5 Å². The molecule has 1 aliphatic rings. The maximum atomic E-state index is 11.2. The van der Waals surface area contributed by atoms with Crippen LogP contribution in [0.5, 0.6) is 0 Å². The fourth-order valence-corrected chi connectivity index (χ4v) is 2.17. The van der Waals surface area contributed by atoms with E-state index >= 15 is 0 Å². The highest BCUT2D eigenvalue weighted by Gasteiger charge is 2.29. The molecule has 1 aliphatic heterocycles. The highest BCUT2D eigenvalue weighted by atomic mass is 16.6. The Kier molecular flexibility index (Phi) is 3.79. The van der Waals surface area contributed by atoms with E-state index in [9.17, 15) is 10.1 Å². The summed E-state index contributed by atoms with van der Waals surface area (Å²) in [6, 6.07) is 0. The standard InChI is InChI=1S/C11H17N5O3/c1-3-8-6-15(4-5-19-8)10-9(16(17)18)7(2)13-11(12)14-10/h8H,3-6H2,1-2H3,(H2,12,13,14). The summed E-state index contributed by atoms with van der Waals surface area (Å²) in [5, 5.41) is 11.2. The van der Waals surface area contributed by atoms with Crippen LogP contribution in [-0.2, 0) is 4.74 Å². The van der Waals surface area contributed by atoms with Crippen LogP contribution in [0.1, 0.15) is 19.0 Å². The number of nitrogen functional groups attached to an aromatic ring is 1. The minimum atomic E-state index is -0.458. The fourth-order valence-electron chi connectivity index (χ4n) is 2.17. The molecule has 0 spiro atoms. The third-order valence-corrected chi connectivity index (χ3v) is 3.13. The minimum absolute atomic E-state index is 0.0534. The number of aryl methyl sites for hydroxylation is 1. The van der Waals surface area contributed by atoms with Crippen molar-refractivity contribution in [2.24, 2.45) is 0 Å². The number of anilines is 2. The predicted octanol–water partition coefficient (Wildman–Crippen LogP) is 0.891. The molecule has 104 valence electrons. The van der Waals surface area contributed by atoms with E-state index in [0.29, 0.717) is 19.7 Å². The molecule has 1 aromatic heterocycles. The first-order valence-corrected chi connectivity index (χ1v) is 6.18. The first-order valence-electron chi connectivity index (χ1n) is 6.18. The Bertz CT molecular complexity index is 493. The molecule has 19 heavy (non-hydrogen) atoms. The van der Waals surface area contributed by atoms with E-state index in [1.54, 1.807) is 6.92 Å². The van der Waals surface area contributed by atoms with Gasteiger partial charge in [-0.05, 0) is 13.3 Å². The summed E-state index contributed by atoms with van der Waals surface area (Å²) in [6.45, 7) is 5.25. The van der Waals surface area contributed by atoms with Crippen molar-refractivity contribution in [3.8, 4) is 0 Å². The zero-order valence-electron chi connectivity index (χ0n) is 11.0. The summed E-state index contributed by atoms with van der Waals surface area (Å²) >= 11 is 0. The Balaban J connectivity index is 2.40. The van der Waals surface area contributed by atoms with Gasteiger partial charge in [-0.2, -0.15) is 4.98 Å². The van der Waals surface area contributed by atoms with Crippen LogP contribution >= 0.6 is 0 Å². The van der Waals surface area contributed by atoms with E-state index in [0.717, 1.165) is 6.42 Å². The topological polar surface area (TPSA) is 107 Å². The lowest BCUT2D eigenvalue weighted by Crippen LogP contribution is -2.43. The third kappa shape index (κ3) is 2.73. The number of hydrogen-bond acceptors (Lipinski definition) is 7. The zero-order chi connectivity index (χ0) is 14.0. The smallest absolute Gasteiger partial charge is 0.332 e. The van der Waals surface area contributed by atoms with Gasteiger partial charge in [0.25, 0.3) is 0 Å². The maximum Gasteiger partial charge on any atom is 0.332 e. The number of nitrogens with two attached hydrogens (primary N) is 1. The number of nitro groups is 1. The van der Waals surface area contributed by atoms with Crippen LogP contribution in [0, 0.1) is 17.0 Å². The van der Waals surface area contributed by atoms with E-state index < -0.39 is 4.92 Å². The van der Waals surface area contributed by atoms with Crippen LogP contribution in [-0.4, -0.2) is 40.7 Å². The third-order valence-electron chi connectivity index (χ3n) is 3.13. The van der Waals surface area contributed by atoms with Gasteiger partial charge in [-0.3, -0.25) is 10.1 Å². The lowest BCUT2D eigenvalue weighted by atomic mass is 10.2. The van der Waals surface area contributed by atoms with E-state index in [2.05, 4.69) is 9.97 Å². The second-order valence-electron chi connectivity index (χ2n) is 4.44. The van der Waals surface area contributed by atoms with Gasteiger partial charge in [-0.15, -0.1) is 0 Å². The normalized spacial score (nSPS) is 19.5. The van der Waals surface area contributed by atoms with Gasteiger partial charge < -0.3 is 15.4 Å². The Morgan fingerprint density at radius 2 is 2.32 bits per heavy atom. The zero-order valence-corrected chi connectivity index (χ0v) is 11.0. The molecular weight excluding hydrogens is 250 g/mol. The van der Waals surface area contributed by atoms with Crippen LogP contribution in [0.3, 0.4) is 0 Å². The number of rotatable bonds is 3. The molecule has 1 fully saturated rings. The van der Waals surface area contributed by atoms with E-state index in [-0.39, 0.29) is 29.3 Å². The number of aromatic nitrogens is 2. The molecule has 2 heterocycles. The second-order valence-corrected chi connectivity index (χ2v) is 4.44. The second kappa shape index (κ2) is 5.35. The van der Waals surface area contributed by atoms with Gasteiger partial charge in [-0.1, -0.05) is 6.92 Å². The van der Waals surface area contributed by atoms with Crippen molar-refractivity contribution in [1.29, 1.82) is 0 Å². The molecule has 0 aromatic carbocycles. The van der Waals surface area contributed by atoms with Gasteiger partial charge in [0.05, 0.1) is 17.6 Å². The Hall–Kier alpha value is -1.96. The van der Waals surface area contributed by atoms with E-state index in [4.69, 9.17) is 10.5 Å². The molecule has 1 atom stereocenters. The first kappa shape index (κ1) is 13.5. The Morgan fingerprint density at radius 1 is 1.58 bits per heavy atom. The molecule has 0 saturated carbocycles. The molecule has 1 saturated heterocycles. The van der Waals surface area contributed by atoms with Gasteiger partial charge in [-0.25, -0.2) is 4.98 Å². The van der Waals surface area contributed by atoms with Crippen molar-refractivity contribution in [2.75, 3.05) is 30.3 Å². The van der Waals surface area contributed by atoms with E-state index in [1.807, 2.05) is 11.8 Å². The van der Waals surface area contributed by atoms with Gasteiger partial charge in [0.15, 0.2) is 0 Å². The van der Waals surface area contributed by atoms with Gasteiger partial charge in [0, 0.05) is 13.1 Å². The van der Waals surface area contributed by atoms with Gasteiger partial charge in [0.1, 0.15) is 5.69 Å². The number of ether oxygens (including phenoxy) is 1. The van der Waals surface area contributed by atoms with Crippen molar-refractivity contribution >= 4 is 17.5 Å². The fraction of sp³-hybridized carbons (Fsp3) is 0.636. The average Bonchev–Trinajstić information content (AvgIpc) is 2.37. The van der Waals surface area contributed by atoms with Crippen molar-refractivity contribution in [2.45, 2.75) is 26.4 Å². The van der Waals surface area contributed by atoms with Crippen LogP contribution in [0.15, 0.2) is 0 Å². The summed E-state index contributed by atoms with van der Waals surface area (Å²) < 4.78 is 5.55. The highest BCUT2D eigenvalue weighted by molar-refractivity contribution is 5.62. The summed E-state index contributed by atoms with van der Waals surface area (Å²) in [4.78, 5) is 20.5. The molecule has 0 bridgehead atoms. The largest absolute Gasteiger partial charge is 0.375 e. The van der Waals surface area contributed by atoms with Crippen molar-refractivity contribution < 1.29 is 9.66 Å². The van der Waals surface area contributed by atoms with Crippen molar-refractivity contribution in [1.82, 2.24) is 9.97 Å². The predicted molar refractivity (Wildman–Crippen MR) is 70.1 cm³/mol. The Labute approximate surface area is 110 Å². The molecular formula is C11H17N5O3. The SMILES string of the molecule is CCC1CN(c2nc(N)nc(C)c2[N+](=O)[O-])CCO1. The monoisotopic (exact) mass is 267 g/mol. The van der Waals surface area contributed by atoms with Crippen molar-refractivity contribution in [3.05, 3.63) is 15.8 Å². The lowest BCUT2D eigenvalue weighted by molar-refractivity contribution is -0.385. The highest BCUT2D eigenvalue weighted by Crippen LogP contribution is 2.30. The summed E-state index contributed by atoms with van der Waals surface area (Å²) in [5.41, 5.74) is 5.81. The molecule has 8 nitrogen and oxygen atoms in total. The van der Waals surface area contributed by atoms with Crippen molar-refractivity contribution in [3.63, 3.8) is 0 Å². The summed E-state index contributed by atoms with van der Waals surface area (Å²) in [7, 11) is 0. The summed E-state index contributed by atoms with van der Waals surface area (Å²) in [6.07, 6.45) is 0.911. The quantitative estimate of drug-likeness (QED) is 0.640. The number of morpholine rings is 1. The molecule has 1 unspecified atom stereocenters. The van der Waals surface area contributed by atoms with E-state index in [1.165, 1.54) is 0 Å². The van der Waals surface area contributed by atoms with Gasteiger partial charge in [0.2, 0.25) is 11.8 Å². The molecule has 1 aromatic rings. The number of nitrogens with zero attached hydrogens (tertiary/aromatic N) is 4. The molecule has 8 heteroatoms. The number of hydrogen-bond donors (Lipinski definition) is 1. The molecule has 0 radical (unpaired) electrons. The molecule has 2 rings (SSSR count). The summed E-state index contributed by atoms with van der Waals surface area (Å²) in [5.74, 6) is 0.342. The lowest BCUT2D eigenvalue weighted by Gasteiger charge is -2.33. The minimum Gasteiger partial charge on any atom is -0.375 e. The Morgan fingerprint density at radius 3 is 2.95 bits per heavy atom. The molecule has 2 N–H and O–H groups in total. The van der Waals surface area contributed by atoms with Gasteiger partial charge >= 0.3 is 5.69 Å². The van der Waals surface area contributed by atoms with Crippen LogP contribution in [0.25, 0.3) is 0 Å².